The number of anilines is 1. The second kappa shape index (κ2) is 5.58. The summed E-state index contributed by atoms with van der Waals surface area (Å²) in [4.78, 5) is 20.9. The summed E-state index contributed by atoms with van der Waals surface area (Å²) in [5, 5.41) is 2.32. The lowest BCUT2D eigenvalue weighted by Gasteiger charge is -2.07. The summed E-state index contributed by atoms with van der Waals surface area (Å²) in [5.41, 5.74) is 5.82. The van der Waals surface area contributed by atoms with Gasteiger partial charge in [0, 0.05) is 0 Å². The zero-order chi connectivity index (χ0) is 10.2. The van der Waals surface area contributed by atoms with Gasteiger partial charge in [-0.1, -0.05) is 18.2 Å². The molecule has 0 radical (unpaired) electrons. The predicted octanol–water partition coefficient (Wildman–Crippen LogP) is 0.512. The Labute approximate surface area is 81.5 Å². The van der Waals surface area contributed by atoms with E-state index in [-0.39, 0.29) is 6.54 Å². The van der Waals surface area contributed by atoms with Gasteiger partial charge >= 0.3 is 6.03 Å². The molecular weight excluding hydrogens is 182 g/mol. The van der Waals surface area contributed by atoms with Crippen molar-refractivity contribution in [2.24, 2.45) is 0 Å². The van der Waals surface area contributed by atoms with Crippen LogP contribution in [0.1, 0.15) is 0 Å². The van der Waals surface area contributed by atoms with Crippen molar-refractivity contribution in [1.82, 2.24) is 10.7 Å². The average Bonchev–Trinajstić information content (AvgIpc) is 2.25. The summed E-state index contributed by atoms with van der Waals surface area (Å²) in [5.74, 6) is 0. The molecule has 2 amide bonds. The van der Waals surface area contributed by atoms with Gasteiger partial charge in [0.15, 0.2) is 0 Å². The van der Waals surface area contributed by atoms with Gasteiger partial charge in [-0.15, -0.1) is 0 Å². The van der Waals surface area contributed by atoms with Gasteiger partial charge in [-0.3, -0.25) is 10.9 Å². The third-order valence-corrected chi connectivity index (χ3v) is 1.44. The van der Waals surface area contributed by atoms with E-state index in [9.17, 15) is 9.59 Å². The molecule has 0 aromatic heterocycles. The van der Waals surface area contributed by atoms with E-state index in [0.717, 1.165) is 5.69 Å². The molecule has 0 unspecified atom stereocenters. The Kier molecular flexibility index (Phi) is 4.00. The maximum absolute atomic E-state index is 10.9. The fourth-order valence-electron chi connectivity index (χ4n) is 0.829. The summed E-state index contributed by atoms with van der Waals surface area (Å²) in [6.07, 6.45) is 0.613. The lowest BCUT2D eigenvalue weighted by molar-refractivity contribution is -0.107. The molecule has 1 aromatic carbocycles. The molecular formula is C9H11N3O2. The van der Waals surface area contributed by atoms with E-state index in [0.29, 0.717) is 6.29 Å². The Hall–Kier alpha value is -2.04. The SMILES string of the molecule is O=CCNC(=O)NNc1ccccc1. The standard InChI is InChI=1S/C9H11N3O2/c13-7-6-10-9(14)12-11-8-4-2-1-3-5-8/h1-5,7,11H,6H2,(H2,10,12,14). The Morgan fingerprint density at radius 2 is 2.00 bits per heavy atom. The molecule has 5 heteroatoms. The highest BCUT2D eigenvalue weighted by Gasteiger charge is 1.96. The van der Waals surface area contributed by atoms with Gasteiger partial charge in [0.1, 0.15) is 6.29 Å². The Bertz CT molecular complexity index is 300. The molecule has 0 saturated carbocycles. The van der Waals surface area contributed by atoms with Crippen LogP contribution >= 0.6 is 0 Å². The zero-order valence-corrected chi connectivity index (χ0v) is 7.49. The van der Waals surface area contributed by atoms with Crippen LogP contribution in [-0.2, 0) is 4.79 Å². The number of aldehydes is 1. The van der Waals surface area contributed by atoms with Gasteiger partial charge in [-0.05, 0) is 12.1 Å². The maximum atomic E-state index is 10.9. The normalized spacial score (nSPS) is 8.86. The first kappa shape index (κ1) is 10.0. The molecule has 0 fully saturated rings. The number of rotatable bonds is 4. The number of hydrazine groups is 1. The van der Waals surface area contributed by atoms with Gasteiger partial charge in [-0.25, -0.2) is 4.79 Å². The van der Waals surface area contributed by atoms with Crippen LogP contribution in [0.4, 0.5) is 10.5 Å². The number of carbonyl (C=O) groups excluding carboxylic acids is 2. The Morgan fingerprint density at radius 1 is 1.29 bits per heavy atom. The number of carbonyl (C=O) groups is 2. The van der Waals surface area contributed by atoms with E-state index in [2.05, 4.69) is 16.2 Å². The highest BCUT2D eigenvalue weighted by atomic mass is 16.2. The largest absolute Gasteiger partial charge is 0.333 e. The van der Waals surface area contributed by atoms with Crippen molar-refractivity contribution in [1.29, 1.82) is 0 Å². The number of nitrogens with one attached hydrogen (secondary N) is 3. The molecule has 0 bridgehead atoms. The number of hydrogen-bond donors (Lipinski definition) is 3. The minimum Gasteiger partial charge on any atom is -0.330 e. The van der Waals surface area contributed by atoms with Crippen LogP contribution in [0, 0.1) is 0 Å². The van der Waals surface area contributed by atoms with Crippen molar-refractivity contribution in [3.63, 3.8) is 0 Å². The molecule has 5 nitrogen and oxygen atoms in total. The van der Waals surface area contributed by atoms with Crippen LogP contribution in [0.5, 0.6) is 0 Å². The second-order valence-corrected chi connectivity index (χ2v) is 2.49. The van der Waals surface area contributed by atoms with Crippen LogP contribution in [-0.4, -0.2) is 18.9 Å². The van der Waals surface area contributed by atoms with Crippen molar-refractivity contribution in [2.45, 2.75) is 0 Å². The van der Waals surface area contributed by atoms with Gasteiger partial charge in [0.2, 0.25) is 0 Å². The number of benzene rings is 1. The number of hydrogen-bond acceptors (Lipinski definition) is 3. The summed E-state index contributed by atoms with van der Waals surface area (Å²) in [7, 11) is 0. The first-order valence-electron chi connectivity index (χ1n) is 4.11. The first-order chi connectivity index (χ1) is 6.83. The minimum absolute atomic E-state index is 0.00228. The minimum atomic E-state index is -0.444. The lowest BCUT2D eigenvalue weighted by atomic mass is 10.3. The van der Waals surface area contributed by atoms with Crippen LogP contribution in [0.2, 0.25) is 0 Å². The Morgan fingerprint density at radius 3 is 2.64 bits per heavy atom. The summed E-state index contributed by atoms with van der Waals surface area (Å²) >= 11 is 0. The summed E-state index contributed by atoms with van der Waals surface area (Å²) in [6.45, 7) is 0.00228. The fraction of sp³-hybridized carbons (Fsp3) is 0.111. The molecule has 0 aliphatic heterocycles. The first-order valence-corrected chi connectivity index (χ1v) is 4.11. The lowest BCUT2D eigenvalue weighted by Crippen LogP contribution is -2.39. The molecule has 3 N–H and O–H groups in total. The highest BCUT2D eigenvalue weighted by molar-refractivity contribution is 5.77. The molecule has 0 spiro atoms. The van der Waals surface area contributed by atoms with Gasteiger partial charge < -0.3 is 10.1 Å². The van der Waals surface area contributed by atoms with E-state index in [4.69, 9.17) is 0 Å². The van der Waals surface area contributed by atoms with Crippen LogP contribution < -0.4 is 16.2 Å². The number of urea groups is 1. The molecule has 0 saturated heterocycles. The quantitative estimate of drug-likeness (QED) is 0.482. The smallest absolute Gasteiger partial charge is 0.330 e. The topological polar surface area (TPSA) is 70.2 Å². The van der Waals surface area contributed by atoms with Crippen molar-refractivity contribution in [2.75, 3.05) is 12.0 Å². The van der Waals surface area contributed by atoms with Gasteiger partial charge in [0.05, 0.1) is 12.2 Å². The molecule has 74 valence electrons. The van der Waals surface area contributed by atoms with Gasteiger partial charge in [0.25, 0.3) is 0 Å². The molecule has 14 heavy (non-hydrogen) atoms. The number of amides is 2. The summed E-state index contributed by atoms with van der Waals surface area (Å²) < 4.78 is 0. The average molecular weight is 193 g/mol. The van der Waals surface area contributed by atoms with Crippen molar-refractivity contribution in [3.05, 3.63) is 30.3 Å². The third-order valence-electron chi connectivity index (χ3n) is 1.44. The third kappa shape index (κ3) is 3.57. The number of para-hydroxylation sites is 1. The van der Waals surface area contributed by atoms with E-state index >= 15 is 0 Å². The van der Waals surface area contributed by atoms with Gasteiger partial charge in [-0.2, -0.15) is 0 Å². The highest BCUT2D eigenvalue weighted by Crippen LogP contribution is 2.01. The molecule has 0 aliphatic rings. The zero-order valence-electron chi connectivity index (χ0n) is 7.49. The van der Waals surface area contributed by atoms with Crippen molar-refractivity contribution in [3.8, 4) is 0 Å². The van der Waals surface area contributed by atoms with E-state index < -0.39 is 6.03 Å². The predicted molar refractivity (Wildman–Crippen MR) is 52.7 cm³/mol. The molecule has 0 aliphatic carbocycles. The van der Waals surface area contributed by atoms with Crippen LogP contribution in [0.15, 0.2) is 30.3 Å². The maximum Gasteiger partial charge on any atom is 0.333 e. The molecule has 0 atom stereocenters. The van der Waals surface area contributed by atoms with E-state index in [1.165, 1.54) is 0 Å². The fourth-order valence-corrected chi connectivity index (χ4v) is 0.829. The van der Waals surface area contributed by atoms with Crippen molar-refractivity contribution >= 4 is 18.0 Å². The molecule has 0 heterocycles. The second-order valence-electron chi connectivity index (χ2n) is 2.49. The van der Waals surface area contributed by atoms with Crippen LogP contribution in [0.25, 0.3) is 0 Å². The van der Waals surface area contributed by atoms with Crippen molar-refractivity contribution < 1.29 is 9.59 Å². The van der Waals surface area contributed by atoms with Crippen LogP contribution in [0.3, 0.4) is 0 Å². The van der Waals surface area contributed by atoms with E-state index in [1.54, 1.807) is 12.1 Å². The summed E-state index contributed by atoms with van der Waals surface area (Å²) in [6, 6.07) is 8.72. The monoisotopic (exact) mass is 193 g/mol. The molecule has 1 aromatic rings. The molecule has 1 rings (SSSR count). The Balaban J connectivity index is 2.27. The van der Waals surface area contributed by atoms with E-state index in [1.807, 2.05) is 18.2 Å².